The van der Waals surface area contributed by atoms with Crippen molar-refractivity contribution in [3.8, 4) is 0 Å². The van der Waals surface area contributed by atoms with Gasteiger partial charge >= 0.3 is 0 Å². The molecule has 3 atom stereocenters. The number of rotatable bonds is 3. The Labute approximate surface area is 126 Å². The van der Waals surface area contributed by atoms with E-state index in [1.54, 1.807) is 0 Å². The van der Waals surface area contributed by atoms with Crippen molar-refractivity contribution >= 4 is 5.91 Å². The van der Waals surface area contributed by atoms with Crippen LogP contribution < -0.4 is 5.32 Å². The summed E-state index contributed by atoms with van der Waals surface area (Å²) in [5.74, 6) is 0.394. The molecule has 1 saturated carbocycles. The van der Waals surface area contributed by atoms with Crippen LogP contribution in [0.4, 0.5) is 0 Å². The van der Waals surface area contributed by atoms with Crippen LogP contribution in [0.15, 0.2) is 24.3 Å². The zero-order valence-electron chi connectivity index (χ0n) is 12.6. The lowest BCUT2D eigenvalue weighted by molar-refractivity contribution is -0.124. The number of aliphatic hydroxyl groups excluding tert-OH is 1. The van der Waals surface area contributed by atoms with Gasteiger partial charge in [-0.2, -0.15) is 0 Å². The molecular weight excluding hydrogens is 262 g/mol. The van der Waals surface area contributed by atoms with Gasteiger partial charge in [-0.25, -0.2) is 0 Å². The normalized spacial score (nSPS) is 28.7. The summed E-state index contributed by atoms with van der Waals surface area (Å²) >= 11 is 0. The van der Waals surface area contributed by atoms with E-state index >= 15 is 0 Å². The number of carbonyl (C=O) groups is 1. The second-order valence-electron chi connectivity index (χ2n) is 6.49. The van der Waals surface area contributed by atoms with Crippen molar-refractivity contribution in [3.63, 3.8) is 0 Å². The number of carbonyl (C=O) groups excluding carboxylic acids is 1. The van der Waals surface area contributed by atoms with Gasteiger partial charge in [0.1, 0.15) is 0 Å². The van der Waals surface area contributed by atoms with Crippen molar-refractivity contribution < 1.29 is 9.90 Å². The molecule has 1 aromatic carbocycles. The molecule has 0 heterocycles. The van der Waals surface area contributed by atoms with Gasteiger partial charge < -0.3 is 10.4 Å². The van der Waals surface area contributed by atoms with Gasteiger partial charge in [-0.05, 0) is 43.2 Å². The summed E-state index contributed by atoms with van der Waals surface area (Å²) in [4.78, 5) is 12.7. The summed E-state index contributed by atoms with van der Waals surface area (Å²) in [6.07, 6.45) is 7.48. The molecule has 21 heavy (non-hydrogen) atoms. The van der Waals surface area contributed by atoms with Crippen molar-refractivity contribution in [2.75, 3.05) is 6.61 Å². The van der Waals surface area contributed by atoms with Crippen LogP contribution in [-0.4, -0.2) is 23.7 Å². The molecule has 3 rings (SSSR count). The summed E-state index contributed by atoms with van der Waals surface area (Å²) in [5, 5.41) is 12.7. The third-order valence-corrected chi connectivity index (χ3v) is 5.16. The first-order valence-corrected chi connectivity index (χ1v) is 8.28. The second-order valence-corrected chi connectivity index (χ2v) is 6.49. The minimum Gasteiger partial charge on any atom is -0.396 e. The highest BCUT2D eigenvalue weighted by Gasteiger charge is 2.31. The molecular formula is C18H25NO2. The van der Waals surface area contributed by atoms with Gasteiger partial charge in [0.15, 0.2) is 0 Å². The van der Waals surface area contributed by atoms with E-state index in [1.807, 2.05) is 6.07 Å². The van der Waals surface area contributed by atoms with Gasteiger partial charge in [-0.15, -0.1) is 0 Å². The van der Waals surface area contributed by atoms with E-state index in [-0.39, 0.29) is 30.4 Å². The van der Waals surface area contributed by atoms with Gasteiger partial charge in [0.05, 0.1) is 5.92 Å². The van der Waals surface area contributed by atoms with Gasteiger partial charge in [0.25, 0.3) is 0 Å². The Kier molecular flexibility index (Phi) is 4.59. The van der Waals surface area contributed by atoms with Crippen LogP contribution in [0.1, 0.15) is 55.6 Å². The number of aliphatic hydroxyl groups is 1. The summed E-state index contributed by atoms with van der Waals surface area (Å²) < 4.78 is 0. The Hall–Kier alpha value is -1.35. The highest BCUT2D eigenvalue weighted by molar-refractivity contribution is 5.84. The van der Waals surface area contributed by atoms with Gasteiger partial charge in [0.2, 0.25) is 5.91 Å². The fourth-order valence-electron chi connectivity index (χ4n) is 3.93. The number of hydrogen-bond donors (Lipinski definition) is 2. The van der Waals surface area contributed by atoms with E-state index < -0.39 is 0 Å². The van der Waals surface area contributed by atoms with E-state index in [0.717, 1.165) is 38.5 Å². The minimum atomic E-state index is -0.00350. The Morgan fingerprint density at radius 2 is 1.95 bits per heavy atom. The Balaban J connectivity index is 1.71. The van der Waals surface area contributed by atoms with Gasteiger partial charge in [-0.3, -0.25) is 4.79 Å². The molecule has 2 N–H and O–H groups in total. The number of benzene rings is 1. The number of aryl methyl sites for hydroxylation is 1. The maximum absolute atomic E-state index is 12.7. The lowest BCUT2D eigenvalue weighted by atomic mass is 9.81. The van der Waals surface area contributed by atoms with E-state index in [2.05, 4.69) is 23.5 Å². The molecule has 1 amide bonds. The second kappa shape index (κ2) is 6.61. The average molecular weight is 287 g/mol. The van der Waals surface area contributed by atoms with Crippen LogP contribution in [0.5, 0.6) is 0 Å². The van der Waals surface area contributed by atoms with Crippen molar-refractivity contribution in [3.05, 3.63) is 35.4 Å². The first-order chi connectivity index (χ1) is 10.3. The molecule has 0 aliphatic heterocycles. The third kappa shape index (κ3) is 3.13. The zero-order chi connectivity index (χ0) is 14.7. The molecule has 0 saturated heterocycles. The van der Waals surface area contributed by atoms with Gasteiger partial charge in [0, 0.05) is 18.6 Å². The molecule has 0 radical (unpaired) electrons. The van der Waals surface area contributed by atoms with E-state index in [0.29, 0.717) is 0 Å². The molecule has 114 valence electrons. The Morgan fingerprint density at radius 3 is 2.81 bits per heavy atom. The first-order valence-electron chi connectivity index (χ1n) is 8.28. The minimum absolute atomic E-state index is 0.00350. The summed E-state index contributed by atoms with van der Waals surface area (Å²) in [6.45, 7) is 0.187. The molecule has 2 aliphatic carbocycles. The molecule has 1 aromatic rings. The first kappa shape index (κ1) is 14.6. The molecule has 2 aliphatic rings. The monoisotopic (exact) mass is 287 g/mol. The topological polar surface area (TPSA) is 49.3 Å². The average Bonchev–Trinajstić information content (AvgIpc) is 2.54. The largest absolute Gasteiger partial charge is 0.396 e. The van der Waals surface area contributed by atoms with Crippen molar-refractivity contribution in [1.82, 2.24) is 5.32 Å². The SMILES string of the molecule is O=C(NC1CCCCC1CO)C1CCCc2ccccc21. The molecule has 3 unspecified atom stereocenters. The van der Waals surface area contributed by atoms with Crippen molar-refractivity contribution in [2.24, 2.45) is 5.92 Å². The smallest absolute Gasteiger partial charge is 0.227 e. The quantitative estimate of drug-likeness (QED) is 0.898. The predicted molar refractivity (Wildman–Crippen MR) is 83.1 cm³/mol. The lowest BCUT2D eigenvalue weighted by Crippen LogP contribution is -2.45. The summed E-state index contributed by atoms with van der Waals surface area (Å²) in [6, 6.07) is 8.49. The Bertz CT molecular complexity index is 500. The highest BCUT2D eigenvalue weighted by atomic mass is 16.3. The number of hydrogen-bond acceptors (Lipinski definition) is 2. The van der Waals surface area contributed by atoms with Crippen LogP contribution in [0.2, 0.25) is 0 Å². The van der Waals surface area contributed by atoms with Gasteiger partial charge in [-0.1, -0.05) is 37.1 Å². The Morgan fingerprint density at radius 1 is 1.14 bits per heavy atom. The fourth-order valence-corrected chi connectivity index (χ4v) is 3.93. The third-order valence-electron chi connectivity index (χ3n) is 5.16. The summed E-state index contributed by atoms with van der Waals surface area (Å²) in [5.41, 5.74) is 2.53. The van der Waals surface area contributed by atoms with E-state index in [4.69, 9.17) is 0 Å². The summed E-state index contributed by atoms with van der Waals surface area (Å²) in [7, 11) is 0. The molecule has 3 nitrogen and oxygen atoms in total. The number of fused-ring (bicyclic) bond motifs is 1. The zero-order valence-corrected chi connectivity index (χ0v) is 12.6. The lowest BCUT2D eigenvalue weighted by Gasteiger charge is -2.33. The molecule has 1 fully saturated rings. The number of amides is 1. The van der Waals surface area contributed by atoms with E-state index in [9.17, 15) is 9.90 Å². The number of nitrogens with one attached hydrogen (secondary N) is 1. The molecule has 0 aromatic heterocycles. The van der Waals surface area contributed by atoms with Crippen LogP contribution in [0.3, 0.4) is 0 Å². The van der Waals surface area contributed by atoms with Crippen LogP contribution >= 0.6 is 0 Å². The maximum atomic E-state index is 12.7. The van der Waals surface area contributed by atoms with E-state index in [1.165, 1.54) is 17.5 Å². The highest BCUT2D eigenvalue weighted by Crippen LogP contribution is 2.32. The van der Waals surface area contributed by atoms with Crippen LogP contribution in [0, 0.1) is 5.92 Å². The van der Waals surface area contributed by atoms with Crippen molar-refractivity contribution in [1.29, 1.82) is 0 Å². The molecule has 0 bridgehead atoms. The van der Waals surface area contributed by atoms with Crippen LogP contribution in [0.25, 0.3) is 0 Å². The molecule has 3 heteroatoms. The fraction of sp³-hybridized carbons (Fsp3) is 0.611. The molecule has 0 spiro atoms. The standard InChI is InChI=1S/C18H25NO2/c20-12-14-7-2-4-11-17(14)19-18(21)16-10-5-8-13-6-1-3-9-15(13)16/h1,3,6,9,14,16-17,20H,2,4-5,7-8,10-12H2,(H,19,21). The predicted octanol–water partition coefficient (Wildman–Crippen LogP) is 2.77. The maximum Gasteiger partial charge on any atom is 0.227 e. The van der Waals surface area contributed by atoms with Crippen molar-refractivity contribution in [2.45, 2.75) is 56.9 Å². The van der Waals surface area contributed by atoms with Crippen LogP contribution in [-0.2, 0) is 11.2 Å².